The van der Waals surface area contributed by atoms with Crippen LogP contribution in [0.4, 0.5) is 4.79 Å². The van der Waals surface area contributed by atoms with Crippen molar-refractivity contribution in [3.05, 3.63) is 0 Å². The molecule has 1 fully saturated rings. The number of hydrogen-bond acceptors (Lipinski definition) is 3. The second-order valence-electron chi connectivity index (χ2n) is 5.05. The molecule has 0 saturated heterocycles. The second-order valence-corrected chi connectivity index (χ2v) is 5.05. The maximum Gasteiger partial charge on any atom is 0.323 e. The molecule has 0 atom stereocenters. The molecule has 7 heteroatoms. The lowest BCUT2D eigenvalue weighted by Gasteiger charge is -2.20. The summed E-state index contributed by atoms with van der Waals surface area (Å²) in [6.45, 7) is 2.98. The van der Waals surface area contributed by atoms with Gasteiger partial charge in [-0.1, -0.05) is 6.92 Å². The summed E-state index contributed by atoms with van der Waals surface area (Å²) in [6.07, 6.45) is 3.16. The van der Waals surface area contributed by atoms with E-state index in [9.17, 15) is 14.4 Å². The molecule has 0 aliphatic heterocycles. The van der Waals surface area contributed by atoms with Gasteiger partial charge in [0.15, 0.2) is 0 Å². The molecule has 0 unspecified atom stereocenters. The Balaban J connectivity index is 2.26. The lowest BCUT2D eigenvalue weighted by atomic mass is 10.3. The molecular formula is C13H23N3O4. The summed E-state index contributed by atoms with van der Waals surface area (Å²) in [7, 11) is 0. The molecule has 3 amide bonds. The molecule has 0 spiro atoms. The molecule has 0 heterocycles. The highest BCUT2D eigenvalue weighted by atomic mass is 16.4. The molecule has 1 rings (SSSR count). The zero-order valence-electron chi connectivity index (χ0n) is 11.9. The minimum atomic E-state index is -1.03. The van der Waals surface area contributed by atoms with Crippen molar-refractivity contribution in [2.75, 3.05) is 26.2 Å². The minimum absolute atomic E-state index is 0.112. The molecule has 3 N–H and O–H groups in total. The average molecular weight is 285 g/mol. The fraction of sp³-hybridized carbons (Fsp3) is 0.769. The largest absolute Gasteiger partial charge is 0.480 e. The van der Waals surface area contributed by atoms with Crippen LogP contribution in [0.5, 0.6) is 0 Å². The Morgan fingerprint density at radius 2 is 1.90 bits per heavy atom. The molecule has 7 nitrogen and oxygen atoms in total. The maximum atomic E-state index is 11.9. The predicted octanol–water partition coefficient (Wildman–Crippen LogP) is 0.409. The first-order valence-electron chi connectivity index (χ1n) is 7.04. The van der Waals surface area contributed by atoms with Crippen LogP contribution in [0.3, 0.4) is 0 Å². The van der Waals surface area contributed by atoms with E-state index in [1.807, 2.05) is 6.92 Å². The highest BCUT2D eigenvalue weighted by molar-refractivity contribution is 5.81. The summed E-state index contributed by atoms with van der Waals surface area (Å²) < 4.78 is 0. The number of carbonyl (C=O) groups excluding carboxylic acids is 2. The SMILES string of the molecule is CCCNC(=O)CCNC(=O)N(CC(=O)O)CC1CC1. The summed E-state index contributed by atoms with van der Waals surface area (Å²) in [4.78, 5) is 35.2. The first-order chi connectivity index (χ1) is 9.52. The van der Waals surface area contributed by atoms with Crippen molar-refractivity contribution in [2.24, 2.45) is 5.92 Å². The number of nitrogens with zero attached hydrogens (tertiary/aromatic N) is 1. The molecule has 0 aromatic carbocycles. The van der Waals surface area contributed by atoms with Crippen molar-refractivity contribution in [2.45, 2.75) is 32.6 Å². The van der Waals surface area contributed by atoms with Crippen LogP contribution >= 0.6 is 0 Å². The number of aliphatic carboxylic acids is 1. The molecule has 0 bridgehead atoms. The van der Waals surface area contributed by atoms with Gasteiger partial charge in [0.1, 0.15) is 6.54 Å². The van der Waals surface area contributed by atoms with Gasteiger partial charge in [-0.3, -0.25) is 9.59 Å². The van der Waals surface area contributed by atoms with E-state index in [2.05, 4.69) is 10.6 Å². The van der Waals surface area contributed by atoms with E-state index >= 15 is 0 Å². The quantitative estimate of drug-likeness (QED) is 0.571. The van der Waals surface area contributed by atoms with Crippen molar-refractivity contribution in [3.8, 4) is 0 Å². The third-order valence-corrected chi connectivity index (χ3v) is 2.99. The second kappa shape index (κ2) is 8.39. The van der Waals surface area contributed by atoms with Gasteiger partial charge in [-0.05, 0) is 25.2 Å². The topological polar surface area (TPSA) is 98.7 Å². The Hall–Kier alpha value is -1.79. The Morgan fingerprint density at radius 3 is 2.45 bits per heavy atom. The molecule has 1 aliphatic rings. The summed E-state index contributed by atoms with van der Waals surface area (Å²) in [5, 5.41) is 14.1. The fourth-order valence-electron chi connectivity index (χ4n) is 1.74. The summed E-state index contributed by atoms with van der Waals surface area (Å²) in [5.74, 6) is -0.714. The Kier molecular flexibility index (Phi) is 6.83. The molecule has 114 valence electrons. The van der Waals surface area contributed by atoms with Crippen LogP contribution in [0.2, 0.25) is 0 Å². The third-order valence-electron chi connectivity index (χ3n) is 2.99. The van der Waals surface area contributed by atoms with Crippen molar-refractivity contribution in [1.29, 1.82) is 0 Å². The lowest BCUT2D eigenvalue weighted by molar-refractivity contribution is -0.137. The molecule has 20 heavy (non-hydrogen) atoms. The van der Waals surface area contributed by atoms with Crippen molar-refractivity contribution >= 4 is 17.9 Å². The van der Waals surface area contributed by atoms with Crippen LogP contribution < -0.4 is 10.6 Å². The third kappa shape index (κ3) is 6.96. The fourth-order valence-corrected chi connectivity index (χ4v) is 1.74. The molecular weight excluding hydrogens is 262 g/mol. The maximum absolute atomic E-state index is 11.9. The van der Waals surface area contributed by atoms with Crippen LogP contribution in [0.1, 0.15) is 32.6 Å². The minimum Gasteiger partial charge on any atom is -0.480 e. The van der Waals surface area contributed by atoms with E-state index in [4.69, 9.17) is 5.11 Å². The van der Waals surface area contributed by atoms with Gasteiger partial charge < -0.3 is 20.6 Å². The van der Waals surface area contributed by atoms with Gasteiger partial charge in [0.25, 0.3) is 0 Å². The highest BCUT2D eigenvalue weighted by Gasteiger charge is 2.27. The first-order valence-corrected chi connectivity index (χ1v) is 7.04. The van der Waals surface area contributed by atoms with Crippen LogP contribution in [-0.2, 0) is 9.59 Å². The normalized spacial score (nSPS) is 13.7. The number of rotatable bonds is 9. The van der Waals surface area contributed by atoms with Crippen molar-refractivity contribution in [1.82, 2.24) is 15.5 Å². The Bertz CT molecular complexity index is 356. The van der Waals surface area contributed by atoms with Gasteiger partial charge in [0, 0.05) is 26.1 Å². The predicted molar refractivity (Wildman–Crippen MR) is 73.2 cm³/mol. The van der Waals surface area contributed by atoms with E-state index in [0.29, 0.717) is 19.0 Å². The molecule has 0 aromatic heterocycles. The Morgan fingerprint density at radius 1 is 1.20 bits per heavy atom. The number of urea groups is 1. The van der Waals surface area contributed by atoms with Gasteiger partial charge in [0.2, 0.25) is 5.91 Å². The monoisotopic (exact) mass is 285 g/mol. The lowest BCUT2D eigenvalue weighted by Crippen LogP contribution is -2.44. The molecule has 1 saturated carbocycles. The van der Waals surface area contributed by atoms with E-state index in [1.165, 1.54) is 4.90 Å². The summed E-state index contributed by atoms with van der Waals surface area (Å²) in [5.41, 5.74) is 0. The molecule has 0 aromatic rings. The van der Waals surface area contributed by atoms with Crippen LogP contribution in [0, 0.1) is 5.92 Å². The van der Waals surface area contributed by atoms with Gasteiger partial charge in [-0.15, -0.1) is 0 Å². The van der Waals surface area contributed by atoms with E-state index in [0.717, 1.165) is 19.3 Å². The standard InChI is InChI=1S/C13H23N3O4/c1-2-6-14-11(17)5-7-15-13(20)16(9-12(18)19)8-10-3-4-10/h10H,2-9H2,1H3,(H,14,17)(H,15,20)(H,18,19). The zero-order valence-corrected chi connectivity index (χ0v) is 11.9. The van der Waals surface area contributed by atoms with E-state index in [1.54, 1.807) is 0 Å². The number of nitrogens with one attached hydrogen (secondary N) is 2. The number of carbonyl (C=O) groups is 3. The van der Waals surface area contributed by atoms with Gasteiger partial charge in [0.05, 0.1) is 0 Å². The summed E-state index contributed by atoms with van der Waals surface area (Å²) in [6, 6.07) is -0.414. The Labute approximate surface area is 118 Å². The van der Waals surface area contributed by atoms with Crippen LogP contribution in [0.25, 0.3) is 0 Å². The van der Waals surface area contributed by atoms with Gasteiger partial charge >= 0.3 is 12.0 Å². The molecule has 1 aliphatic carbocycles. The number of amides is 3. The van der Waals surface area contributed by atoms with Crippen LogP contribution in [-0.4, -0.2) is 54.1 Å². The number of hydrogen-bond donors (Lipinski definition) is 3. The van der Waals surface area contributed by atoms with E-state index in [-0.39, 0.29) is 25.4 Å². The smallest absolute Gasteiger partial charge is 0.323 e. The van der Waals surface area contributed by atoms with E-state index < -0.39 is 12.0 Å². The number of carboxylic acids is 1. The van der Waals surface area contributed by atoms with Crippen molar-refractivity contribution in [3.63, 3.8) is 0 Å². The number of carboxylic acid groups (broad SMARTS) is 1. The zero-order chi connectivity index (χ0) is 15.0. The highest BCUT2D eigenvalue weighted by Crippen LogP contribution is 2.29. The summed E-state index contributed by atoms with van der Waals surface area (Å²) >= 11 is 0. The first kappa shape index (κ1) is 16.3. The van der Waals surface area contributed by atoms with Crippen molar-refractivity contribution < 1.29 is 19.5 Å². The van der Waals surface area contributed by atoms with Gasteiger partial charge in [-0.25, -0.2) is 4.79 Å². The van der Waals surface area contributed by atoms with Gasteiger partial charge in [-0.2, -0.15) is 0 Å². The average Bonchev–Trinajstić information content (AvgIpc) is 3.18. The molecule has 0 radical (unpaired) electrons. The van der Waals surface area contributed by atoms with Crippen LogP contribution in [0.15, 0.2) is 0 Å².